The van der Waals surface area contributed by atoms with Gasteiger partial charge in [-0.25, -0.2) is 0 Å². The first-order valence-electron chi connectivity index (χ1n) is 16.1. The number of aryl methyl sites for hydroxylation is 2. The van der Waals surface area contributed by atoms with Crippen LogP contribution in [0.5, 0.6) is 0 Å². The third-order valence-corrected chi connectivity index (χ3v) is 10.5. The molecular formula is C38H48IrNO2S-. The Morgan fingerprint density at radius 3 is 2.28 bits per heavy atom. The SMILES string of the molecule is CCC(CC)C(=O)/C=C(\O)C(CC)CC.Cc1sc2c(-c3[c-]c4ccccc4c(C4CCCCC4)c3)nccc2c1C.[Ir]. The van der Waals surface area contributed by atoms with Crippen molar-refractivity contribution in [3.63, 3.8) is 0 Å². The third kappa shape index (κ3) is 8.24. The second kappa shape index (κ2) is 16.7. The third-order valence-electron chi connectivity index (χ3n) is 9.28. The molecule has 1 aliphatic carbocycles. The van der Waals surface area contributed by atoms with Crippen LogP contribution >= 0.6 is 11.3 Å². The topological polar surface area (TPSA) is 50.2 Å². The molecule has 5 rings (SSSR count). The standard InChI is InChI=1S/C25H24NS.C13H24O2.Ir/c1-16-17(2)27-25-21(16)12-13-26-24(25)20-14-19-10-6-7-11-22(19)23(15-20)18-8-4-3-5-9-18;1-5-10(6-2)12(14)9-13(15)11(7-3)8-4;/h6-7,10-13,15,18H,3-5,8-9H2,1-2H3;9-11,14H,5-8H2,1-4H3;/q-1;;/b;12-9-;. The summed E-state index contributed by atoms with van der Waals surface area (Å²) in [5.41, 5.74) is 5.13. The fourth-order valence-electron chi connectivity index (χ4n) is 6.37. The van der Waals surface area contributed by atoms with E-state index in [1.807, 2.05) is 45.2 Å². The van der Waals surface area contributed by atoms with Crippen LogP contribution < -0.4 is 0 Å². The van der Waals surface area contributed by atoms with E-state index in [2.05, 4.69) is 56.3 Å². The smallest absolute Gasteiger partial charge is 0.162 e. The zero-order valence-corrected chi connectivity index (χ0v) is 30.0. The molecule has 2 heterocycles. The molecule has 4 aromatic rings. The monoisotopic (exact) mass is 775 g/mol. The molecule has 0 saturated heterocycles. The Bertz CT molecular complexity index is 1520. The number of hydrogen-bond acceptors (Lipinski definition) is 4. The van der Waals surface area contributed by atoms with Gasteiger partial charge in [0.25, 0.3) is 0 Å². The Hall–Kier alpha value is -2.33. The van der Waals surface area contributed by atoms with Crippen LogP contribution in [0, 0.1) is 31.7 Å². The van der Waals surface area contributed by atoms with E-state index in [-0.39, 0.29) is 43.5 Å². The van der Waals surface area contributed by atoms with Crippen molar-refractivity contribution in [1.29, 1.82) is 0 Å². The van der Waals surface area contributed by atoms with E-state index in [0.717, 1.165) is 36.9 Å². The van der Waals surface area contributed by atoms with Crippen molar-refractivity contribution in [3.05, 3.63) is 76.5 Å². The number of thiophene rings is 1. The maximum Gasteiger partial charge on any atom is 0.162 e. The maximum atomic E-state index is 11.7. The van der Waals surface area contributed by atoms with E-state index in [0.29, 0.717) is 5.92 Å². The predicted octanol–water partition coefficient (Wildman–Crippen LogP) is 11.4. The molecule has 1 fully saturated rings. The molecule has 1 radical (unpaired) electrons. The molecule has 43 heavy (non-hydrogen) atoms. The van der Waals surface area contributed by atoms with Gasteiger partial charge in [-0.1, -0.05) is 76.1 Å². The van der Waals surface area contributed by atoms with E-state index in [4.69, 9.17) is 4.98 Å². The molecule has 2 aromatic heterocycles. The van der Waals surface area contributed by atoms with Crippen LogP contribution in [0.2, 0.25) is 0 Å². The number of nitrogens with zero attached hydrogens (tertiary/aromatic N) is 1. The zero-order chi connectivity index (χ0) is 30.2. The number of ketones is 1. The van der Waals surface area contributed by atoms with Crippen LogP contribution in [0.1, 0.15) is 107 Å². The van der Waals surface area contributed by atoms with Gasteiger partial charge < -0.3 is 5.11 Å². The van der Waals surface area contributed by atoms with Crippen LogP contribution in [0.15, 0.2) is 54.4 Å². The normalized spacial score (nSPS) is 14.2. The number of carbonyl (C=O) groups is 1. The van der Waals surface area contributed by atoms with Gasteiger partial charge in [-0.15, -0.1) is 40.5 Å². The Kier molecular flexibility index (Phi) is 13.6. The van der Waals surface area contributed by atoms with Gasteiger partial charge in [0.15, 0.2) is 5.78 Å². The summed E-state index contributed by atoms with van der Waals surface area (Å²) in [6.45, 7) is 12.5. The first-order valence-corrected chi connectivity index (χ1v) is 16.9. The second-order valence-electron chi connectivity index (χ2n) is 11.8. The van der Waals surface area contributed by atoms with Crippen LogP contribution in [-0.4, -0.2) is 15.9 Å². The molecule has 1 N–H and O–H groups in total. The van der Waals surface area contributed by atoms with Crippen molar-refractivity contribution in [2.24, 2.45) is 11.8 Å². The Morgan fingerprint density at radius 1 is 0.977 bits per heavy atom. The summed E-state index contributed by atoms with van der Waals surface area (Å²) in [7, 11) is 0. The Labute approximate surface area is 276 Å². The van der Waals surface area contributed by atoms with Gasteiger partial charge in [-0.3, -0.25) is 9.78 Å². The number of hydrogen-bond donors (Lipinski definition) is 1. The fourth-order valence-corrected chi connectivity index (χ4v) is 7.53. The van der Waals surface area contributed by atoms with Crippen LogP contribution in [0.3, 0.4) is 0 Å². The van der Waals surface area contributed by atoms with Gasteiger partial charge in [0.2, 0.25) is 0 Å². The molecule has 1 saturated carbocycles. The van der Waals surface area contributed by atoms with E-state index in [1.54, 1.807) is 0 Å². The number of rotatable bonds is 9. The molecule has 0 unspecified atom stereocenters. The second-order valence-corrected chi connectivity index (χ2v) is 13.1. The first kappa shape index (κ1) is 35.2. The fraction of sp³-hybridized carbons (Fsp3) is 0.474. The summed E-state index contributed by atoms with van der Waals surface area (Å²) in [5.74, 6) is 1.22. The van der Waals surface area contributed by atoms with Gasteiger partial charge >= 0.3 is 0 Å². The van der Waals surface area contributed by atoms with Gasteiger partial charge in [-0.2, -0.15) is 0 Å². The maximum absolute atomic E-state index is 11.7. The molecule has 0 amide bonds. The summed E-state index contributed by atoms with van der Waals surface area (Å²) >= 11 is 1.86. The number of aromatic nitrogens is 1. The molecule has 233 valence electrons. The van der Waals surface area contributed by atoms with E-state index >= 15 is 0 Å². The van der Waals surface area contributed by atoms with E-state index < -0.39 is 0 Å². The Balaban J connectivity index is 0.000000274. The molecule has 0 spiro atoms. The van der Waals surface area contributed by atoms with Crippen LogP contribution in [0.25, 0.3) is 32.1 Å². The molecule has 1 aliphatic rings. The molecule has 0 atom stereocenters. The molecular weight excluding hydrogens is 727 g/mol. The number of carbonyl (C=O) groups excluding carboxylic acids is 1. The minimum Gasteiger partial charge on any atom is -0.512 e. The number of benzene rings is 2. The number of aliphatic hydroxyl groups is 1. The summed E-state index contributed by atoms with van der Waals surface area (Å²) in [5, 5.41) is 13.7. The van der Waals surface area contributed by atoms with E-state index in [9.17, 15) is 9.90 Å². The first-order chi connectivity index (χ1) is 20.3. The van der Waals surface area contributed by atoms with Crippen molar-refractivity contribution in [2.45, 2.75) is 105 Å². The number of fused-ring (bicyclic) bond motifs is 2. The van der Waals surface area contributed by atoms with Crippen LogP contribution in [0.4, 0.5) is 0 Å². The molecule has 0 aliphatic heterocycles. The molecule has 0 bridgehead atoms. The summed E-state index contributed by atoms with van der Waals surface area (Å²) in [6.07, 6.45) is 13.6. The minimum absolute atomic E-state index is 0. The average molecular weight is 775 g/mol. The summed E-state index contributed by atoms with van der Waals surface area (Å²) < 4.78 is 1.30. The zero-order valence-electron chi connectivity index (χ0n) is 26.8. The average Bonchev–Trinajstić information content (AvgIpc) is 3.31. The summed E-state index contributed by atoms with van der Waals surface area (Å²) in [6, 6.07) is 17.0. The van der Waals surface area contributed by atoms with Gasteiger partial charge in [-0.05, 0) is 75.3 Å². The Morgan fingerprint density at radius 2 is 1.63 bits per heavy atom. The van der Waals surface area contributed by atoms with Gasteiger partial charge in [0, 0.05) is 59.5 Å². The van der Waals surface area contributed by atoms with Crippen molar-refractivity contribution in [1.82, 2.24) is 4.98 Å². The number of aliphatic hydroxyl groups excluding tert-OH is 1. The van der Waals surface area contributed by atoms with Crippen molar-refractivity contribution in [3.8, 4) is 11.3 Å². The largest absolute Gasteiger partial charge is 0.512 e. The molecule has 2 aromatic carbocycles. The minimum atomic E-state index is 0. The van der Waals surface area contributed by atoms with Crippen molar-refractivity contribution in [2.75, 3.05) is 0 Å². The number of pyridine rings is 1. The van der Waals surface area contributed by atoms with Gasteiger partial charge in [0.05, 0.1) is 5.76 Å². The van der Waals surface area contributed by atoms with Crippen molar-refractivity contribution < 1.29 is 30.0 Å². The van der Waals surface area contributed by atoms with Crippen molar-refractivity contribution >= 4 is 38.0 Å². The van der Waals surface area contributed by atoms with Gasteiger partial charge in [0.1, 0.15) is 0 Å². The predicted molar refractivity (Wildman–Crippen MR) is 181 cm³/mol. The quantitative estimate of drug-likeness (QED) is 0.105. The summed E-state index contributed by atoms with van der Waals surface area (Å²) in [4.78, 5) is 17.9. The number of allylic oxidation sites excluding steroid dienone is 2. The van der Waals surface area contributed by atoms with Crippen LogP contribution in [-0.2, 0) is 24.9 Å². The molecule has 3 nitrogen and oxygen atoms in total. The molecule has 5 heteroatoms. The van der Waals surface area contributed by atoms with E-state index in [1.165, 1.54) is 75.0 Å².